The molecular weight excluding hydrogens is 371 g/mol. The van der Waals surface area contributed by atoms with Gasteiger partial charge in [-0.05, 0) is 44.2 Å². The van der Waals surface area contributed by atoms with E-state index < -0.39 is 12.7 Å². The van der Waals surface area contributed by atoms with Crippen molar-refractivity contribution in [2.45, 2.75) is 44.3 Å². The van der Waals surface area contributed by atoms with Crippen LogP contribution in [0, 0.1) is 0 Å². The van der Waals surface area contributed by atoms with E-state index in [9.17, 15) is 18.0 Å². The third kappa shape index (κ3) is 5.53. The molecular formula is C20H28F3N3O2. The molecule has 0 bridgehead atoms. The van der Waals surface area contributed by atoms with Crippen molar-refractivity contribution >= 4 is 11.6 Å². The zero-order valence-corrected chi connectivity index (χ0v) is 16.2. The summed E-state index contributed by atoms with van der Waals surface area (Å²) in [6, 6.07) is 5.34. The third-order valence-electron chi connectivity index (χ3n) is 5.47. The fourth-order valence-electron chi connectivity index (χ4n) is 3.98. The molecule has 5 nitrogen and oxygen atoms in total. The van der Waals surface area contributed by atoms with E-state index in [0.29, 0.717) is 37.2 Å². The Labute approximate surface area is 163 Å². The Morgan fingerprint density at radius 1 is 1.14 bits per heavy atom. The number of rotatable bonds is 5. The molecule has 2 aliphatic heterocycles. The number of carbonyl (C=O) groups excluding carboxylic acids is 1. The van der Waals surface area contributed by atoms with Gasteiger partial charge in [-0.3, -0.25) is 9.69 Å². The number of hydrogen-bond donors (Lipinski definition) is 1. The minimum absolute atomic E-state index is 0.103. The third-order valence-corrected chi connectivity index (χ3v) is 5.47. The average Bonchev–Trinajstić information content (AvgIpc) is 2.68. The molecule has 3 rings (SSSR count). The minimum atomic E-state index is -4.18. The molecule has 0 atom stereocenters. The molecule has 0 unspecified atom stereocenters. The predicted octanol–water partition coefficient (Wildman–Crippen LogP) is 3.44. The van der Waals surface area contributed by atoms with Gasteiger partial charge >= 0.3 is 6.18 Å². The van der Waals surface area contributed by atoms with Crippen molar-refractivity contribution in [1.29, 1.82) is 0 Å². The molecule has 156 valence electrons. The van der Waals surface area contributed by atoms with Gasteiger partial charge in [0.15, 0.2) is 0 Å². The summed E-state index contributed by atoms with van der Waals surface area (Å²) in [7, 11) is 1.60. The molecule has 2 saturated heterocycles. The highest BCUT2D eigenvalue weighted by Crippen LogP contribution is 2.29. The number of piperidine rings is 2. The van der Waals surface area contributed by atoms with E-state index in [1.165, 1.54) is 11.3 Å². The molecule has 0 aromatic heterocycles. The first kappa shape index (κ1) is 20.8. The van der Waals surface area contributed by atoms with Gasteiger partial charge < -0.3 is 15.0 Å². The Hall–Kier alpha value is -1.96. The zero-order chi connectivity index (χ0) is 20.1. The molecule has 8 heteroatoms. The molecule has 1 amide bonds. The topological polar surface area (TPSA) is 44.8 Å². The number of hydrogen-bond acceptors (Lipinski definition) is 4. The van der Waals surface area contributed by atoms with Crippen LogP contribution in [0.2, 0.25) is 0 Å². The van der Waals surface area contributed by atoms with Crippen molar-refractivity contribution in [2.75, 3.05) is 44.7 Å². The number of ether oxygens (including phenoxy) is 1. The van der Waals surface area contributed by atoms with Crippen LogP contribution in [-0.2, 0) is 0 Å². The second-order valence-corrected chi connectivity index (χ2v) is 7.57. The molecule has 1 aromatic rings. The fourth-order valence-corrected chi connectivity index (χ4v) is 3.98. The van der Waals surface area contributed by atoms with Gasteiger partial charge in [0.25, 0.3) is 5.91 Å². The SMILES string of the molecule is COc1ccc(C(=O)NC2CCN(CC(F)(F)F)CC2)c(N2CCCCC2)c1. The van der Waals surface area contributed by atoms with E-state index in [1.807, 2.05) is 6.07 Å². The Morgan fingerprint density at radius 2 is 1.82 bits per heavy atom. The first-order valence-electron chi connectivity index (χ1n) is 9.88. The summed E-state index contributed by atoms with van der Waals surface area (Å²) in [4.78, 5) is 16.5. The maximum absolute atomic E-state index is 12.9. The van der Waals surface area contributed by atoms with Gasteiger partial charge in [-0.15, -0.1) is 0 Å². The first-order chi connectivity index (χ1) is 13.4. The number of nitrogens with zero attached hydrogens (tertiary/aromatic N) is 2. The van der Waals surface area contributed by atoms with Crippen LogP contribution < -0.4 is 15.0 Å². The number of halogens is 3. The van der Waals surface area contributed by atoms with Gasteiger partial charge in [0.05, 0.1) is 24.9 Å². The van der Waals surface area contributed by atoms with Crippen molar-refractivity contribution in [1.82, 2.24) is 10.2 Å². The lowest BCUT2D eigenvalue weighted by Crippen LogP contribution is -2.47. The van der Waals surface area contributed by atoms with Crippen LogP contribution in [0.1, 0.15) is 42.5 Å². The average molecular weight is 399 g/mol. The number of methoxy groups -OCH3 is 1. The lowest BCUT2D eigenvalue weighted by molar-refractivity contribution is -0.148. The monoisotopic (exact) mass is 399 g/mol. The number of benzene rings is 1. The maximum Gasteiger partial charge on any atom is 0.401 e. The predicted molar refractivity (Wildman–Crippen MR) is 102 cm³/mol. The van der Waals surface area contributed by atoms with Crippen molar-refractivity contribution in [3.8, 4) is 5.75 Å². The van der Waals surface area contributed by atoms with Crippen LogP contribution in [-0.4, -0.2) is 62.9 Å². The summed E-state index contributed by atoms with van der Waals surface area (Å²) < 4.78 is 42.9. The number of nitrogens with one attached hydrogen (secondary N) is 1. The van der Waals surface area contributed by atoms with E-state index in [2.05, 4.69) is 10.2 Å². The summed E-state index contributed by atoms with van der Waals surface area (Å²) in [6.45, 7) is 1.61. The van der Waals surface area contributed by atoms with Crippen molar-refractivity contribution in [3.05, 3.63) is 23.8 Å². The zero-order valence-electron chi connectivity index (χ0n) is 16.2. The molecule has 0 saturated carbocycles. The lowest BCUT2D eigenvalue weighted by Gasteiger charge is -2.33. The van der Waals surface area contributed by atoms with Gasteiger partial charge in [-0.1, -0.05) is 0 Å². The minimum Gasteiger partial charge on any atom is -0.497 e. The van der Waals surface area contributed by atoms with Crippen LogP contribution in [0.4, 0.5) is 18.9 Å². The van der Waals surface area contributed by atoms with Crippen LogP contribution in [0.5, 0.6) is 5.75 Å². The molecule has 2 fully saturated rings. The highest BCUT2D eigenvalue weighted by molar-refractivity contribution is 6.00. The van der Waals surface area contributed by atoms with Crippen molar-refractivity contribution in [2.24, 2.45) is 0 Å². The molecule has 1 aromatic carbocycles. The van der Waals surface area contributed by atoms with Gasteiger partial charge in [0.1, 0.15) is 5.75 Å². The highest BCUT2D eigenvalue weighted by Gasteiger charge is 2.33. The van der Waals surface area contributed by atoms with E-state index in [-0.39, 0.29) is 11.9 Å². The number of likely N-dealkylation sites (tertiary alicyclic amines) is 1. The Balaban J connectivity index is 1.64. The van der Waals surface area contributed by atoms with Crippen molar-refractivity contribution < 1.29 is 22.7 Å². The van der Waals surface area contributed by atoms with Gasteiger partial charge in [0, 0.05) is 38.3 Å². The van der Waals surface area contributed by atoms with E-state index >= 15 is 0 Å². The summed E-state index contributed by atoms with van der Waals surface area (Å²) in [6.07, 6.45) is 0.251. The number of alkyl halides is 3. The number of amides is 1. The summed E-state index contributed by atoms with van der Waals surface area (Å²) in [5, 5.41) is 3.02. The number of carbonyl (C=O) groups is 1. The van der Waals surface area contributed by atoms with E-state index in [0.717, 1.165) is 31.6 Å². The molecule has 2 aliphatic rings. The fraction of sp³-hybridized carbons (Fsp3) is 0.650. The van der Waals surface area contributed by atoms with E-state index in [4.69, 9.17) is 4.74 Å². The molecule has 0 spiro atoms. The smallest absolute Gasteiger partial charge is 0.401 e. The van der Waals surface area contributed by atoms with Crippen LogP contribution in [0.25, 0.3) is 0 Å². The van der Waals surface area contributed by atoms with Crippen LogP contribution in [0.15, 0.2) is 18.2 Å². The largest absolute Gasteiger partial charge is 0.497 e. The molecule has 0 radical (unpaired) electrons. The van der Waals surface area contributed by atoms with Crippen molar-refractivity contribution in [3.63, 3.8) is 0 Å². The van der Waals surface area contributed by atoms with E-state index in [1.54, 1.807) is 19.2 Å². The van der Waals surface area contributed by atoms with Crippen LogP contribution in [0.3, 0.4) is 0 Å². The molecule has 0 aliphatic carbocycles. The second kappa shape index (κ2) is 9.03. The quantitative estimate of drug-likeness (QED) is 0.824. The molecule has 28 heavy (non-hydrogen) atoms. The molecule has 1 N–H and O–H groups in total. The Kier molecular flexibility index (Phi) is 6.69. The molecule has 2 heterocycles. The van der Waals surface area contributed by atoms with Gasteiger partial charge in [-0.2, -0.15) is 13.2 Å². The standard InChI is InChI=1S/C20H28F3N3O2/c1-28-16-5-6-17(18(13-16)26-9-3-2-4-10-26)19(27)24-15-7-11-25(12-8-15)14-20(21,22)23/h5-6,13,15H,2-4,7-12,14H2,1H3,(H,24,27). The Bertz CT molecular complexity index is 667. The van der Waals surface area contributed by atoms with Gasteiger partial charge in [-0.25, -0.2) is 0 Å². The summed E-state index contributed by atoms with van der Waals surface area (Å²) in [5.41, 5.74) is 1.46. The maximum atomic E-state index is 12.9. The second-order valence-electron chi connectivity index (χ2n) is 7.57. The first-order valence-corrected chi connectivity index (χ1v) is 9.88. The highest BCUT2D eigenvalue weighted by atomic mass is 19.4. The lowest BCUT2D eigenvalue weighted by atomic mass is 10.0. The van der Waals surface area contributed by atoms with Gasteiger partial charge in [0.2, 0.25) is 0 Å². The summed E-state index contributed by atoms with van der Waals surface area (Å²) >= 11 is 0. The number of anilines is 1. The normalized spacial score (nSPS) is 19.5. The van der Waals surface area contributed by atoms with Crippen LogP contribution >= 0.6 is 0 Å². The Morgan fingerprint density at radius 3 is 2.43 bits per heavy atom. The summed E-state index contributed by atoms with van der Waals surface area (Å²) in [5.74, 6) is 0.537.